The molecule has 0 bridgehead atoms. The largest absolute Gasteiger partial charge is 0.147 e. The summed E-state index contributed by atoms with van der Waals surface area (Å²) in [5.74, 6) is 0.524. The quantitative estimate of drug-likeness (QED) is 0.569. The lowest BCUT2D eigenvalue weighted by atomic mass is 9.87. The standard InChI is InChI=1S/C21H20.ClH/c1-4-10-18(11-5-1)16-21(20-14-8-3-9-15-20)17-19-12-6-2-7-13-19;/h1-15,21H,16-17H2;1H. The zero-order valence-corrected chi connectivity index (χ0v) is 13.4. The van der Waals surface area contributed by atoms with Crippen molar-refractivity contribution in [1.29, 1.82) is 0 Å². The number of hydrogen-bond acceptors (Lipinski definition) is 0. The van der Waals surface area contributed by atoms with Gasteiger partial charge in [-0.2, -0.15) is 0 Å². The number of benzene rings is 3. The zero-order chi connectivity index (χ0) is 14.3. The molecule has 3 rings (SSSR count). The van der Waals surface area contributed by atoms with Crippen LogP contribution in [0.1, 0.15) is 22.6 Å². The molecule has 0 aromatic heterocycles. The molecule has 3 aromatic rings. The topological polar surface area (TPSA) is 0 Å². The first-order valence-electron chi connectivity index (χ1n) is 7.54. The van der Waals surface area contributed by atoms with Gasteiger partial charge in [0, 0.05) is 0 Å². The number of rotatable bonds is 5. The predicted molar refractivity (Wildman–Crippen MR) is 96.7 cm³/mol. The molecule has 0 atom stereocenters. The highest BCUT2D eigenvalue weighted by molar-refractivity contribution is 5.85. The molecule has 0 unspecified atom stereocenters. The Labute approximate surface area is 139 Å². The molecule has 0 radical (unpaired) electrons. The zero-order valence-electron chi connectivity index (χ0n) is 12.6. The van der Waals surface area contributed by atoms with Gasteiger partial charge in [-0.05, 0) is 35.4 Å². The molecule has 22 heavy (non-hydrogen) atoms. The van der Waals surface area contributed by atoms with E-state index in [0.29, 0.717) is 5.92 Å². The van der Waals surface area contributed by atoms with Gasteiger partial charge in [-0.3, -0.25) is 0 Å². The first-order valence-corrected chi connectivity index (χ1v) is 7.54. The van der Waals surface area contributed by atoms with E-state index >= 15 is 0 Å². The highest BCUT2D eigenvalue weighted by Crippen LogP contribution is 2.25. The molecule has 0 saturated carbocycles. The van der Waals surface area contributed by atoms with Gasteiger partial charge in [0.25, 0.3) is 0 Å². The van der Waals surface area contributed by atoms with E-state index in [0.717, 1.165) is 12.8 Å². The predicted octanol–water partition coefficient (Wildman–Crippen LogP) is 5.68. The van der Waals surface area contributed by atoms with Crippen LogP contribution in [-0.4, -0.2) is 0 Å². The van der Waals surface area contributed by atoms with Crippen LogP contribution in [0.3, 0.4) is 0 Å². The van der Waals surface area contributed by atoms with E-state index in [1.54, 1.807) is 0 Å². The molecule has 0 aliphatic heterocycles. The fourth-order valence-corrected chi connectivity index (χ4v) is 2.83. The van der Waals surface area contributed by atoms with Gasteiger partial charge < -0.3 is 0 Å². The molecule has 0 aliphatic rings. The summed E-state index contributed by atoms with van der Waals surface area (Å²) in [6.45, 7) is 0. The highest BCUT2D eigenvalue weighted by Gasteiger charge is 2.13. The maximum Gasteiger partial charge on any atom is -0.00810 e. The van der Waals surface area contributed by atoms with E-state index in [4.69, 9.17) is 0 Å². The molecule has 0 heterocycles. The molecule has 0 spiro atoms. The van der Waals surface area contributed by atoms with Crippen LogP contribution in [0.25, 0.3) is 0 Å². The van der Waals surface area contributed by atoms with Gasteiger partial charge >= 0.3 is 0 Å². The fraction of sp³-hybridized carbons (Fsp3) is 0.143. The first-order chi connectivity index (χ1) is 10.4. The monoisotopic (exact) mass is 308 g/mol. The second-order valence-corrected chi connectivity index (χ2v) is 5.49. The minimum atomic E-state index is 0. The molecule has 1 heteroatoms. The molecular formula is C21H21Cl. The lowest BCUT2D eigenvalue weighted by Crippen LogP contribution is -2.06. The summed E-state index contributed by atoms with van der Waals surface area (Å²) in [5, 5.41) is 0. The smallest absolute Gasteiger partial charge is 0.00810 e. The lowest BCUT2D eigenvalue weighted by Gasteiger charge is -2.18. The summed E-state index contributed by atoms with van der Waals surface area (Å²) in [6.07, 6.45) is 2.17. The summed E-state index contributed by atoms with van der Waals surface area (Å²) in [5.41, 5.74) is 4.23. The number of halogens is 1. The van der Waals surface area contributed by atoms with Crippen LogP contribution in [0.2, 0.25) is 0 Å². The van der Waals surface area contributed by atoms with Crippen molar-refractivity contribution in [2.75, 3.05) is 0 Å². The molecule has 0 aliphatic carbocycles. The van der Waals surface area contributed by atoms with Crippen LogP contribution < -0.4 is 0 Å². The highest BCUT2D eigenvalue weighted by atomic mass is 35.5. The van der Waals surface area contributed by atoms with Gasteiger partial charge in [0.1, 0.15) is 0 Å². The van der Waals surface area contributed by atoms with Crippen LogP contribution in [0.4, 0.5) is 0 Å². The Hall–Kier alpha value is -2.05. The van der Waals surface area contributed by atoms with Gasteiger partial charge in [0.15, 0.2) is 0 Å². The van der Waals surface area contributed by atoms with Gasteiger partial charge in [0.05, 0.1) is 0 Å². The fourth-order valence-electron chi connectivity index (χ4n) is 2.83. The van der Waals surface area contributed by atoms with E-state index in [2.05, 4.69) is 91.0 Å². The van der Waals surface area contributed by atoms with Crippen molar-refractivity contribution in [3.63, 3.8) is 0 Å². The molecule has 0 saturated heterocycles. The maximum atomic E-state index is 2.25. The SMILES string of the molecule is Cl.c1ccc(CC(Cc2ccccc2)c2ccccc2)cc1. The van der Waals surface area contributed by atoms with E-state index in [1.807, 2.05) is 0 Å². The van der Waals surface area contributed by atoms with Crippen LogP contribution in [0.5, 0.6) is 0 Å². The average molecular weight is 309 g/mol. The van der Waals surface area contributed by atoms with Crippen molar-refractivity contribution in [3.8, 4) is 0 Å². The average Bonchev–Trinajstić information content (AvgIpc) is 2.57. The first kappa shape index (κ1) is 16.3. The Balaban J connectivity index is 0.00000176. The Morgan fingerprint density at radius 3 is 1.27 bits per heavy atom. The van der Waals surface area contributed by atoms with Gasteiger partial charge in [-0.15, -0.1) is 12.4 Å². The van der Waals surface area contributed by atoms with E-state index in [-0.39, 0.29) is 12.4 Å². The summed E-state index contributed by atoms with van der Waals surface area (Å²) < 4.78 is 0. The molecular weight excluding hydrogens is 288 g/mol. The van der Waals surface area contributed by atoms with Gasteiger partial charge in [-0.25, -0.2) is 0 Å². The normalized spacial score (nSPS) is 10.2. The van der Waals surface area contributed by atoms with Gasteiger partial charge in [0.2, 0.25) is 0 Å². The maximum absolute atomic E-state index is 2.25. The molecule has 3 aromatic carbocycles. The third-order valence-electron chi connectivity index (χ3n) is 3.92. The third-order valence-corrected chi connectivity index (χ3v) is 3.92. The van der Waals surface area contributed by atoms with Crippen molar-refractivity contribution in [1.82, 2.24) is 0 Å². The summed E-state index contributed by atoms with van der Waals surface area (Å²) in [6, 6.07) is 32.4. The Kier molecular flexibility index (Phi) is 6.24. The summed E-state index contributed by atoms with van der Waals surface area (Å²) in [4.78, 5) is 0. The van der Waals surface area contributed by atoms with Crippen LogP contribution in [-0.2, 0) is 12.8 Å². The Morgan fingerprint density at radius 1 is 0.500 bits per heavy atom. The summed E-state index contributed by atoms with van der Waals surface area (Å²) >= 11 is 0. The minimum Gasteiger partial charge on any atom is -0.147 e. The number of hydrogen-bond donors (Lipinski definition) is 0. The van der Waals surface area contributed by atoms with E-state index < -0.39 is 0 Å². The van der Waals surface area contributed by atoms with Crippen molar-refractivity contribution < 1.29 is 0 Å². The molecule has 0 nitrogen and oxygen atoms in total. The van der Waals surface area contributed by atoms with Crippen molar-refractivity contribution in [2.24, 2.45) is 0 Å². The van der Waals surface area contributed by atoms with Crippen molar-refractivity contribution in [2.45, 2.75) is 18.8 Å². The molecule has 0 amide bonds. The van der Waals surface area contributed by atoms with Crippen LogP contribution in [0, 0.1) is 0 Å². The Bertz CT molecular complexity index is 606. The third kappa shape index (κ3) is 4.47. The van der Waals surface area contributed by atoms with Crippen LogP contribution in [0.15, 0.2) is 91.0 Å². The summed E-state index contributed by atoms with van der Waals surface area (Å²) in [7, 11) is 0. The van der Waals surface area contributed by atoms with E-state index in [9.17, 15) is 0 Å². The Morgan fingerprint density at radius 2 is 0.864 bits per heavy atom. The van der Waals surface area contributed by atoms with Crippen molar-refractivity contribution >= 4 is 12.4 Å². The molecule has 0 fully saturated rings. The van der Waals surface area contributed by atoms with E-state index in [1.165, 1.54) is 16.7 Å². The van der Waals surface area contributed by atoms with Crippen molar-refractivity contribution in [3.05, 3.63) is 108 Å². The lowest BCUT2D eigenvalue weighted by molar-refractivity contribution is 0.680. The minimum absolute atomic E-state index is 0. The van der Waals surface area contributed by atoms with Crippen LogP contribution >= 0.6 is 12.4 Å². The molecule has 0 N–H and O–H groups in total. The molecule has 112 valence electrons. The second-order valence-electron chi connectivity index (χ2n) is 5.49. The second kappa shape index (κ2) is 8.41. The van der Waals surface area contributed by atoms with Gasteiger partial charge in [-0.1, -0.05) is 91.0 Å².